The molecule has 0 aromatic heterocycles. The molecular weight excluding hydrogens is 230 g/mol. The monoisotopic (exact) mass is 251 g/mol. The van der Waals surface area contributed by atoms with E-state index in [9.17, 15) is 9.90 Å². The first-order valence-corrected chi connectivity index (χ1v) is 6.14. The highest BCUT2D eigenvalue weighted by Crippen LogP contribution is 2.06. The van der Waals surface area contributed by atoms with E-state index in [0.717, 1.165) is 5.56 Å². The van der Waals surface area contributed by atoms with Gasteiger partial charge in [0.2, 0.25) is 0 Å². The molecule has 2 unspecified atom stereocenters. The normalized spacial score (nSPS) is 14.3. The van der Waals surface area contributed by atoms with Gasteiger partial charge in [-0.3, -0.25) is 4.79 Å². The highest BCUT2D eigenvalue weighted by Gasteiger charge is 2.23. The molecule has 2 N–H and O–H groups in total. The minimum Gasteiger partial charge on any atom is -0.381 e. The van der Waals surface area contributed by atoms with Crippen molar-refractivity contribution in [2.45, 2.75) is 45.6 Å². The van der Waals surface area contributed by atoms with Gasteiger partial charge in [-0.25, -0.2) is 0 Å². The van der Waals surface area contributed by atoms with Gasteiger partial charge < -0.3 is 15.2 Å². The van der Waals surface area contributed by atoms with Crippen molar-refractivity contribution < 1.29 is 14.6 Å². The summed E-state index contributed by atoms with van der Waals surface area (Å²) in [6, 6.07) is 9.66. The second-order valence-electron chi connectivity index (χ2n) is 4.61. The third-order valence-corrected chi connectivity index (χ3v) is 2.50. The van der Waals surface area contributed by atoms with Crippen LogP contribution in [0.3, 0.4) is 0 Å². The van der Waals surface area contributed by atoms with Crippen LogP contribution in [0, 0.1) is 0 Å². The zero-order valence-electron chi connectivity index (χ0n) is 11.1. The zero-order chi connectivity index (χ0) is 13.5. The number of carbonyl (C=O) groups is 1. The Morgan fingerprint density at radius 2 is 1.89 bits per heavy atom. The Balaban J connectivity index is 2.40. The van der Waals surface area contributed by atoms with Crippen molar-refractivity contribution in [2.75, 3.05) is 0 Å². The van der Waals surface area contributed by atoms with Crippen molar-refractivity contribution in [1.29, 1.82) is 0 Å². The molecule has 4 nitrogen and oxygen atoms in total. The lowest BCUT2D eigenvalue weighted by Gasteiger charge is -2.20. The van der Waals surface area contributed by atoms with Gasteiger partial charge in [0.25, 0.3) is 5.91 Å². The summed E-state index contributed by atoms with van der Waals surface area (Å²) in [6.07, 6.45) is -1.68. The van der Waals surface area contributed by atoms with Crippen molar-refractivity contribution in [3.8, 4) is 0 Å². The topological polar surface area (TPSA) is 58.6 Å². The largest absolute Gasteiger partial charge is 0.381 e. The maximum atomic E-state index is 11.6. The number of nitrogens with one attached hydrogen (secondary N) is 1. The lowest BCUT2D eigenvalue weighted by molar-refractivity contribution is -0.138. The summed E-state index contributed by atoms with van der Waals surface area (Å²) in [5.41, 5.74) is 1.01. The Kier molecular flexibility index (Phi) is 5.82. The van der Waals surface area contributed by atoms with E-state index in [1.165, 1.54) is 0 Å². The van der Waals surface area contributed by atoms with E-state index in [1.807, 2.05) is 44.2 Å². The predicted octanol–water partition coefficient (Wildman–Crippen LogP) is 1.48. The first kappa shape index (κ1) is 14.7. The fourth-order valence-corrected chi connectivity index (χ4v) is 1.48. The lowest BCUT2D eigenvalue weighted by Crippen LogP contribution is -2.44. The molecule has 1 aromatic carbocycles. The van der Waals surface area contributed by atoms with Gasteiger partial charge in [0.1, 0.15) is 0 Å². The first-order valence-electron chi connectivity index (χ1n) is 6.14. The molecule has 4 heteroatoms. The van der Waals surface area contributed by atoms with Gasteiger partial charge in [-0.05, 0) is 26.3 Å². The number of aliphatic hydroxyl groups is 1. The Hall–Kier alpha value is -1.39. The van der Waals surface area contributed by atoms with Crippen LogP contribution in [0.4, 0.5) is 0 Å². The number of amides is 1. The Morgan fingerprint density at radius 3 is 2.44 bits per heavy atom. The highest BCUT2D eigenvalue weighted by molar-refractivity contribution is 5.81. The highest BCUT2D eigenvalue weighted by atomic mass is 16.5. The molecule has 1 amide bonds. The number of rotatable bonds is 6. The summed E-state index contributed by atoms with van der Waals surface area (Å²) in [4.78, 5) is 11.6. The van der Waals surface area contributed by atoms with Crippen LogP contribution >= 0.6 is 0 Å². The summed E-state index contributed by atoms with van der Waals surface area (Å²) in [5.74, 6) is -0.398. The van der Waals surface area contributed by atoms with Crippen LogP contribution < -0.4 is 5.32 Å². The number of benzene rings is 1. The standard InChI is InChI=1S/C14H21NO3/c1-10(2)15-14(17)13(16)11(3)18-9-12-7-5-4-6-8-12/h4-8,10-11,13,16H,9H2,1-3H3,(H,15,17). The van der Waals surface area contributed by atoms with Crippen LogP contribution in [-0.4, -0.2) is 29.3 Å². The molecule has 18 heavy (non-hydrogen) atoms. The van der Waals surface area contributed by atoms with Gasteiger partial charge in [-0.1, -0.05) is 30.3 Å². The summed E-state index contributed by atoms with van der Waals surface area (Å²) in [5, 5.41) is 12.4. The number of hydrogen-bond acceptors (Lipinski definition) is 3. The average Bonchev–Trinajstić information content (AvgIpc) is 2.35. The van der Waals surface area contributed by atoms with Crippen LogP contribution in [0.25, 0.3) is 0 Å². The molecule has 0 aliphatic heterocycles. The van der Waals surface area contributed by atoms with E-state index in [2.05, 4.69) is 5.32 Å². The molecule has 0 saturated heterocycles. The van der Waals surface area contributed by atoms with E-state index in [4.69, 9.17) is 4.74 Å². The second kappa shape index (κ2) is 7.13. The van der Waals surface area contributed by atoms with Gasteiger partial charge >= 0.3 is 0 Å². The van der Waals surface area contributed by atoms with E-state index < -0.39 is 18.1 Å². The van der Waals surface area contributed by atoms with Gasteiger partial charge in [0.15, 0.2) is 6.10 Å². The van der Waals surface area contributed by atoms with Crippen LogP contribution in [0.1, 0.15) is 26.3 Å². The maximum Gasteiger partial charge on any atom is 0.251 e. The molecule has 100 valence electrons. The Labute approximate surface area is 108 Å². The predicted molar refractivity (Wildman–Crippen MR) is 70.0 cm³/mol. The van der Waals surface area contributed by atoms with Crippen molar-refractivity contribution in [3.63, 3.8) is 0 Å². The van der Waals surface area contributed by atoms with Crippen LogP contribution in [0.2, 0.25) is 0 Å². The van der Waals surface area contributed by atoms with Crippen molar-refractivity contribution in [3.05, 3.63) is 35.9 Å². The zero-order valence-corrected chi connectivity index (χ0v) is 11.1. The molecule has 0 spiro atoms. The third kappa shape index (κ3) is 4.85. The van der Waals surface area contributed by atoms with Crippen LogP contribution in [-0.2, 0) is 16.1 Å². The molecule has 0 saturated carbocycles. The number of hydrogen-bond donors (Lipinski definition) is 2. The number of ether oxygens (including phenoxy) is 1. The molecule has 0 heterocycles. The minimum absolute atomic E-state index is 0.00785. The van der Waals surface area contributed by atoms with E-state index >= 15 is 0 Å². The minimum atomic E-state index is -1.14. The first-order chi connectivity index (χ1) is 8.50. The molecule has 0 aliphatic rings. The smallest absolute Gasteiger partial charge is 0.251 e. The Morgan fingerprint density at radius 1 is 1.28 bits per heavy atom. The summed E-state index contributed by atoms with van der Waals surface area (Å²) >= 11 is 0. The summed E-state index contributed by atoms with van der Waals surface area (Å²) in [7, 11) is 0. The molecule has 2 atom stereocenters. The second-order valence-corrected chi connectivity index (χ2v) is 4.61. The number of aliphatic hydroxyl groups excluding tert-OH is 1. The van der Waals surface area contributed by atoms with Gasteiger partial charge in [0, 0.05) is 6.04 Å². The fraction of sp³-hybridized carbons (Fsp3) is 0.500. The van der Waals surface area contributed by atoms with Gasteiger partial charge in [-0.2, -0.15) is 0 Å². The average molecular weight is 251 g/mol. The van der Waals surface area contributed by atoms with E-state index in [0.29, 0.717) is 6.61 Å². The van der Waals surface area contributed by atoms with Crippen molar-refractivity contribution in [1.82, 2.24) is 5.32 Å². The third-order valence-electron chi connectivity index (χ3n) is 2.50. The summed E-state index contributed by atoms with van der Waals surface area (Å²) < 4.78 is 5.48. The molecule has 0 aliphatic carbocycles. The molecular formula is C14H21NO3. The van der Waals surface area contributed by atoms with Crippen molar-refractivity contribution >= 4 is 5.91 Å². The molecule has 0 radical (unpaired) electrons. The summed E-state index contributed by atoms with van der Waals surface area (Å²) in [6.45, 7) is 5.77. The molecule has 0 fully saturated rings. The quantitative estimate of drug-likeness (QED) is 0.805. The fourth-order valence-electron chi connectivity index (χ4n) is 1.48. The maximum absolute atomic E-state index is 11.6. The lowest BCUT2D eigenvalue weighted by atomic mass is 10.2. The van der Waals surface area contributed by atoms with E-state index in [-0.39, 0.29) is 6.04 Å². The molecule has 1 aromatic rings. The number of carbonyl (C=O) groups excluding carboxylic acids is 1. The van der Waals surface area contributed by atoms with Crippen molar-refractivity contribution in [2.24, 2.45) is 0 Å². The van der Waals surface area contributed by atoms with Crippen LogP contribution in [0.5, 0.6) is 0 Å². The van der Waals surface area contributed by atoms with Crippen LogP contribution in [0.15, 0.2) is 30.3 Å². The Bertz CT molecular complexity index is 365. The molecule has 0 bridgehead atoms. The molecule has 1 rings (SSSR count). The van der Waals surface area contributed by atoms with Gasteiger partial charge in [-0.15, -0.1) is 0 Å². The SMILES string of the molecule is CC(C)NC(=O)C(O)C(C)OCc1ccccc1. The van der Waals surface area contributed by atoms with Gasteiger partial charge in [0.05, 0.1) is 12.7 Å². The van der Waals surface area contributed by atoms with E-state index in [1.54, 1.807) is 6.92 Å².